The lowest BCUT2D eigenvalue weighted by Gasteiger charge is -2.36. The summed E-state index contributed by atoms with van der Waals surface area (Å²) in [4.78, 5) is 34.7. The minimum atomic E-state index is -0.0871. The number of fused-ring (bicyclic) bond motifs is 1. The smallest absolute Gasteiger partial charge is 0.242 e. The van der Waals surface area contributed by atoms with Crippen molar-refractivity contribution >= 4 is 28.9 Å². The van der Waals surface area contributed by atoms with Gasteiger partial charge in [0.15, 0.2) is 0 Å². The number of amides is 2. The Kier molecular flexibility index (Phi) is 5.74. The monoisotopic (exact) mass is 389 g/mol. The molecule has 29 heavy (non-hydrogen) atoms. The molecule has 150 valence electrons. The lowest BCUT2D eigenvalue weighted by atomic mass is 10.00. The van der Waals surface area contributed by atoms with Gasteiger partial charge in [0, 0.05) is 12.6 Å². The van der Waals surface area contributed by atoms with E-state index in [0.29, 0.717) is 5.69 Å². The Morgan fingerprint density at radius 2 is 1.83 bits per heavy atom. The van der Waals surface area contributed by atoms with Crippen LogP contribution in [0.3, 0.4) is 0 Å². The lowest BCUT2D eigenvalue weighted by molar-refractivity contribution is -0.134. The van der Waals surface area contributed by atoms with Gasteiger partial charge in [-0.2, -0.15) is 0 Å². The van der Waals surface area contributed by atoms with Crippen LogP contribution in [-0.4, -0.2) is 41.6 Å². The van der Waals surface area contributed by atoms with Crippen LogP contribution in [0.4, 0.5) is 11.4 Å². The van der Waals surface area contributed by atoms with E-state index in [-0.39, 0.29) is 30.8 Å². The molecule has 0 N–H and O–H groups in total. The fourth-order valence-corrected chi connectivity index (χ4v) is 4.29. The Morgan fingerprint density at radius 3 is 2.62 bits per heavy atom. The first-order chi connectivity index (χ1) is 14.2. The van der Waals surface area contributed by atoms with Gasteiger partial charge >= 0.3 is 0 Å². The Bertz CT molecular complexity index is 923. The normalized spacial score (nSPS) is 19.4. The zero-order valence-electron chi connectivity index (χ0n) is 16.9. The third-order valence-corrected chi connectivity index (χ3v) is 5.87. The predicted octanol–water partition coefficient (Wildman–Crippen LogP) is 4.34. The third-order valence-electron chi connectivity index (χ3n) is 5.87. The zero-order chi connectivity index (χ0) is 20.2. The average molecular weight is 389 g/mol. The number of piperidine rings is 1. The van der Waals surface area contributed by atoms with Crippen molar-refractivity contribution in [1.29, 1.82) is 0 Å². The average Bonchev–Trinajstić information content (AvgIpc) is 2.91. The summed E-state index contributed by atoms with van der Waals surface area (Å²) in [6, 6.07) is 17.7. The highest BCUT2D eigenvalue weighted by molar-refractivity contribution is 6.18. The molecule has 2 aromatic rings. The van der Waals surface area contributed by atoms with Crippen LogP contribution >= 0.6 is 0 Å². The van der Waals surface area contributed by atoms with Crippen molar-refractivity contribution in [3.8, 4) is 0 Å². The first-order valence-corrected chi connectivity index (χ1v) is 10.5. The molecule has 2 aromatic carbocycles. The van der Waals surface area contributed by atoms with Crippen LogP contribution in [-0.2, 0) is 9.59 Å². The van der Waals surface area contributed by atoms with Crippen LogP contribution in [0.15, 0.2) is 59.6 Å². The van der Waals surface area contributed by atoms with Crippen molar-refractivity contribution < 1.29 is 9.59 Å². The number of para-hydroxylation sites is 2. The lowest BCUT2D eigenvalue weighted by Crippen LogP contribution is -2.49. The minimum Gasteiger partial charge on any atom is -0.338 e. The van der Waals surface area contributed by atoms with Crippen LogP contribution in [0.2, 0.25) is 0 Å². The molecule has 2 heterocycles. The molecule has 2 aliphatic heterocycles. The molecule has 0 spiro atoms. The maximum absolute atomic E-state index is 13.2. The number of carbonyl (C=O) groups is 2. The van der Waals surface area contributed by atoms with Crippen molar-refractivity contribution in [2.24, 2.45) is 4.99 Å². The summed E-state index contributed by atoms with van der Waals surface area (Å²) in [5, 5.41) is 0. The Morgan fingerprint density at radius 1 is 1.07 bits per heavy atom. The number of nitrogens with zero attached hydrogens (tertiary/aromatic N) is 3. The summed E-state index contributed by atoms with van der Waals surface area (Å²) < 4.78 is 0. The fraction of sp³-hybridized carbons (Fsp3) is 0.375. The Balaban J connectivity index is 1.63. The zero-order valence-corrected chi connectivity index (χ0v) is 16.9. The van der Waals surface area contributed by atoms with E-state index in [4.69, 9.17) is 4.99 Å². The van der Waals surface area contributed by atoms with E-state index >= 15 is 0 Å². The van der Waals surface area contributed by atoms with Gasteiger partial charge in [0.25, 0.3) is 0 Å². The summed E-state index contributed by atoms with van der Waals surface area (Å²) in [5.41, 5.74) is 3.12. The molecule has 2 amide bonds. The highest BCUT2D eigenvalue weighted by Crippen LogP contribution is 2.33. The van der Waals surface area contributed by atoms with Gasteiger partial charge in [0.05, 0.1) is 23.5 Å². The van der Waals surface area contributed by atoms with Gasteiger partial charge in [-0.1, -0.05) is 49.4 Å². The third kappa shape index (κ3) is 4.09. The molecule has 2 aliphatic rings. The number of benzene rings is 2. The Labute approximate surface area is 172 Å². The molecule has 0 saturated carbocycles. The minimum absolute atomic E-state index is 0.0304. The van der Waals surface area contributed by atoms with Gasteiger partial charge in [-0.05, 0) is 43.4 Å². The summed E-state index contributed by atoms with van der Waals surface area (Å²) in [7, 11) is 0. The van der Waals surface area contributed by atoms with Crippen LogP contribution in [0, 0.1) is 0 Å². The quantitative estimate of drug-likeness (QED) is 0.781. The number of hydrogen-bond donors (Lipinski definition) is 0. The van der Waals surface area contributed by atoms with E-state index in [1.165, 1.54) is 6.42 Å². The van der Waals surface area contributed by atoms with E-state index < -0.39 is 0 Å². The van der Waals surface area contributed by atoms with Crippen LogP contribution in [0.25, 0.3) is 0 Å². The molecule has 0 radical (unpaired) electrons. The van der Waals surface area contributed by atoms with Crippen molar-refractivity contribution in [3.63, 3.8) is 0 Å². The molecule has 5 nitrogen and oxygen atoms in total. The first kappa shape index (κ1) is 19.4. The van der Waals surface area contributed by atoms with Gasteiger partial charge in [0.2, 0.25) is 11.8 Å². The number of hydrogen-bond acceptors (Lipinski definition) is 3. The topological polar surface area (TPSA) is 53.0 Å². The molecule has 1 atom stereocenters. The van der Waals surface area contributed by atoms with Crippen LogP contribution in [0.1, 0.15) is 44.6 Å². The summed E-state index contributed by atoms with van der Waals surface area (Å²) in [6.45, 7) is 2.99. The van der Waals surface area contributed by atoms with E-state index in [1.807, 2.05) is 59.5 Å². The second kappa shape index (κ2) is 8.60. The highest BCUT2D eigenvalue weighted by atomic mass is 16.2. The molecule has 1 fully saturated rings. The molecule has 1 unspecified atom stereocenters. The van der Waals surface area contributed by atoms with Gasteiger partial charge in [0.1, 0.15) is 6.54 Å². The molecular formula is C24H27N3O2. The Hall–Kier alpha value is -2.95. The van der Waals surface area contributed by atoms with Crippen molar-refractivity contribution in [3.05, 3.63) is 60.2 Å². The highest BCUT2D eigenvalue weighted by Gasteiger charge is 2.31. The number of aliphatic imine (C=N–C) groups is 1. The van der Waals surface area contributed by atoms with Gasteiger partial charge in [-0.15, -0.1) is 0 Å². The van der Waals surface area contributed by atoms with Crippen LogP contribution < -0.4 is 4.90 Å². The number of rotatable bonds is 4. The van der Waals surface area contributed by atoms with Crippen molar-refractivity contribution in [2.45, 2.75) is 45.1 Å². The van der Waals surface area contributed by atoms with Gasteiger partial charge in [-0.3, -0.25) is 14.6 Å². The largest absolute Gasteiger partial charge is 0.338 e. The number of carbonyl (C=O) groups excluding carboxylic acids is 2. The van der Waals surface area contributed by atoms with Gasteiger partial charge < -0.3 is 9.80 Å². The molecule has 0 aromatic heterocycles. The molecule has 0 aliphatic carbocycles. The number of anilines is 1. The maximum Gasteiger partial charge on any atom is 0.242 e. The maximum atomic E-state index is 13.2. The van der Waals surface area contributed by atoms with E-state index in [0.717, 1.165) is 42.8 Å². The van der Waals surface area contributed by atoms with E-state index in [2.05, 4.69) is 6.92 Å². The van der Waals surface area contributed by atoms with Crippen LogP contribution in [0.5, 0.6) is 0 Å². The second-order valence-electron chi connectivity index (χ2n) is 7.71. The SMILES string of the molecule is CCC1CCCCN1C(=O)CN1C(=O)CC(c2ccccc2)=Nc2ccccc21. The number of likely N-dealkylation sites (tertiary alicyclic amines) is 1. The van der Waals surface area contributed by atoms with Crippen molar-refractivity contribution in [2.75, 3.05) is 18.0 Å². The summed E-state index contributed by atoms with van der Waals surface area (Å²) in [6.07, 6.45) is 4.39. The van der Waals surface area contributed by atoms with Crippen molar-refractivity contribution in [1.82, 2.24) is 4.90 Å². The second-order valence-corrected chi connectivity index (χ2v) is 7.71. The molecule has 4 rings (SSSR count). The predicted molar refractivity (Wildman–Crippen MR) is 116 cm³/mol. The molecular weight excluding hydrogens is 362 g/mol. The fourth-order valence-electron chi connectivity index (χ4n) is 4.29. The molecule has 5 heteroatoms. The standard InChI is InChI=1S/C24H27N3O2/c1-2-19-12-8-9-15-26(19)24(29)17-27-22-14-7-6-13-20(22)25-21(16-23(27)28)18-10-4-3-5-11-18/h3-7,10-11,13-14,19H,2,8-9,12,15-17H2,1H3. The summed E-state index contributed by atoms with van der Waals surface area (Å²) in [5.74, 6) is -0.0566. The first-order valence-electron chi connectivity index (χ1n) is 10.5. The molecule has 1 saturated heterocycles. The summed E-state index contributed by atoms with van der Waals surface area (Å²) >= 11 is 0. The van der Waals surface area contributed by atoms with E-state index in [9.17, 15) is 9.59 Å². The van der Waals surface area contributed by atoms with E-state index in [1.54, 1.807) is 4.90 Å². The molecule has 0 bridgehead atoms. The van der Waals surface area contributed by atoms with Gasteiger partial charge in [-0.25, -0.2) is 0 Å².